The molecule has 3 rings (SSSR count). The Labute approximate surface area is 107 Å². The van der Waals surface area contributed by atoms with E-state index in [4.69, 9.17) is 0 Å². The number of fused-ring (bicyclic) bond motifs is 1. The molecule has 0 N–H and O–H groups in total. The van der Waals surface area contributed by atoms with Crippen LogP contribution in [-0.2, 0) is 4.79 Å². The zero-order valence-electron chi connectivity index (χ0n) is 10.6. The number of aryl methyl sites for hydroxylation is 1. The zero-order chi connectivity index (χ0) is 13.2. The lowest BCUT2D eigenvalue weighted by Gasteiger charge is -2.31. The summed E-state index contributed by atoms with van der Waals surface area (Å²) in [5.41, 5.74) is 0.750. The number of allylic oxidation sites excluding steroid dienone is 4. The lowest BCUT2D eigenvalue weighted by molar-refractivity contribution is -0.121. The van der Waals surface area contributed by atoms with Crippen molar-refractivity contribution in [3.63, 3.8) is 0 Å². The van der Waals surface area contributed by atoms with Gasteiger partial charge in [0.05, 0.1) is 5.41 Å². The van der Waals surface area contributed by atoms with Gasteiger partial charge in [0.25, 0.3) is 0 Å². The molecule has 0 radical (unpaired) electrons. The second-order valence-electron chi connectivity index (χ2n) is 4.85. The van der Waals surface area contributed by atoms with Crippen LogP contribution in [0.3, 0.4) is 0 Å². The molecule has 2 unspecified atom stereocenters. The third-order valence-corrected chi connectivity index (χ3v) is 3.53. The SMILES string of the molecule is CC12C=CC1C=CC2=O.Cc1cccccc1=O. The predicted molar refractivity (Wildman–Crippen MR) is 72.3 cm³/mol. The molecule has 0 aliphatic heterocycles. The van der Waals surface area contributed by atoms with Gasteiger partial charge in [-0.05, 0) is 31.6 Å². The van der Waals surface area contributed by atoms with E-state index in [2.05, 4.69) is 6.08 Å². The Hall–Kier alpha value is -1.96. The molecule has 2 atom stereocenters. The fourth-order valence-electron chi connectivity index (χ4n) is 2.00. The first-order chi connectivity index (χ1) is 8.54. The molecule has 0 fully saturated rings. The molecule has 0 heterocycles. The Balaban J connectivity index is 0.000000134. The maximum absolute atomic E-state index is 11.0. The van der Waals surface area contributed by atoms with Gasteiger partial charge in [-0.15, -0.1) is 0 Å². The Morgan fingerprint density at radius 2 is 1.78 bits per heavy atom. The molecule has 0 spiro atoms. The lowest BCUT2D eigenvalue weighted by Crippen LogP contribution is -2.32. The number of carbonyl (C=O) groups excluding carboxylic acids is 1. The quantitative estimate of drug-likeness (QED) is 0.653. The fraction of sp³-hybridized carbons (Fsp3) is 0.250. The topological polar surface area (TPSA) is 34.1 Å². The molecule has 18 heavy (non-hydrogen) atoms. The Morgan fingerprint density at radius 3 is 2.28 bits per heavy atom. The summed E-state index contributed by atoms with van der Waals surface area (Å²) in [6, 6.07) is 8.82. The Bertz CT molecular complexity index is 584. The minimum Gasteiger partial charge on any atom is -0.294 e. The molecule has 2 nitrogen and oxygen atoms in total. The van der Waals surface area contributed by atoms with Crippen molar-refractivity contribution in [3.8, 4) is 0 Å². The highest BCUT2D eigenvalue weighted by Crippen LogP contribution is 2.44. The van der Waals surface area contributed by atoms with Crippen LogP contribution in [0.5, 0.6) is 0 Å². The number of hydrogen-bond donors (Lipinski definition) is 0. The molecule has 1 aromatic rings. The normalized spacial score (nSPS) is 27.0. The van der Waals surface area contributed by atoms with E-state index >= 15 is 0 Å². The van der Waals surface area contributed by atoms with Crippen molar-refractivity contribution in [2.75, 3.05) is 0 Å². The molecule has 0 amide bonds. The first-order valence-electron chi connectivity index (χ1n) is 6.02. The van der Waals surface area contributed by atoms with Gasteiger partial charge in [0.15, 0.2) is 11.2 Å². The standard InChI is InChI=1S/2C8H8O/c1-8-5-4-6(8)2-3-7(8)9;1-7-5-3-2-4-6-8(7)9/h2*2-6H,1H3. The monoisotopic (exact) mass is 240 g/mol. The highest BCUT2D eigenvalue weighted by atomic mass is 16.1. The summed E-state index contributed by atoms with van der Waals surface area (Å²) in [5, 5.41) is 0. The van der Waals surface area contributed by atoms with Crippen LogP contribution in [0.15, 0.2) is 59.4 Å². The minimum absolute atomic E-state index is 0.0972. The minimum atomic E-state index is -0.139. The van der Waals surface area contributed by atoms with E-state index in [1.807, 2.05) is 44.2 Å². The fourth-order valence-corrected chi connectivity index (χ4v) is 2.00. The first-order valence-corrected chi connectivity index (χ1v) is 6.02. The van der Waals surface area contributed by atoms with Crippen LogP contribution in [-0.4, -0.2) is 5.78 Å². The molecule has 2 heteroatoms. The van der Waals surface area contributed by atoms with Crippen molar-refractivity contribution in [1.82, 2.24) is 0 Å². The van der Waals surface area contributed by atoms with Gasteiger partial charge < -0.3 is 0 Å². The average Bonchev–Trinajstić information content (AvgIpc) is 2.50. The molecule has 0 saturated carbocycles. The molecule has 0 aromatic heterocycles. The summed E-state index contributed by atoms with van der Waals surface area (Å²) in [4.78, 5) is 21.8. The summed E-state index contributed by atoms with van der Waals surface area (Å²) in [5.74, 6) is 0.667. The molecule has 2 aliphatic rings. The predicted octanol–water partition coefficient (Wildman–Crippen LogP) is 2.67. The second kappa shape index (κ2) is 4.73. The molecule has 0 bridgehead atoms. The van der Waals surface area contributed by atoms with Crippen molar-refractivity contribution in [2.24, 2.45) is 11.3 Å². The first kappa shape index (κ1) is 12.5. The molecular formula is C16H16O2. The third kappa shape index (κ3) is 2.19. The maximum atomic E-state index is 11.0. The van der Waals surface area contributed by atoms with Crippen molar-refractivity contribution in [3.05, 3.63) is 70.4 Å². The summed E-state index contributed by atoms with van der Waals surface area (Å²) in [7, 11) is 0. The van der Waals surface area contributed by atoms with Crippen LogP contribution >= 0.6 is 0 Å². The van der Waals surface area contributed by atoms with Crippen molar-refractivity contribution >= 4 is 5.78 Å². The van der Waals surface area contributed by atoms with Crippen molar-refractivity contribution in [2.45, 2.75) is 13.8 Å². The van der Waals surface area contributed by atoms with Gasteiger partial charge in [0.2, 0.25) is 0 Å². The summed E-state index contributed by atoms with van der Waals surface area (Å²) in [6.45, 7) is 3.79. The van der Waals surface area contributed by atoms with Crippen LogP contribution in [0.1, 0.15) is 12.5 Å². The van der Waals surface area contributed by atoms with Gasteiger partial charge in [-0.25, -0.2) is 0 Å². The second-order valence-corrected chi connectivity index (χ2v) is 4.85. The van der Waals surface area contributed by atoms with E-state index in [0.717, 1.165) is 5.56 Å². The van der Waals surface area contributed by atoms with E-state index in [0.29, 0.717) is 5.92 Å². The molecule has 92 valence electrons. The largest absolute Gasteiger partial charge is 0.294 e. The number of ketones is 1. The summed E-state index contributed by atoms with van der Waals surface area (Å²) < 4.78 is 0. The third-order valence-electron chi connectivity index (χ3n) is 3.53. The molecular weight excluding hydrogens is 224 g/mol. The average molecular weight is 240 g/mol. The van der Waals surface area contributed by atoms with Gasteiger partial charge >= 0.3 is 0 Å². The molecule has 1 aromatic carbocycles. The van der Waals surface area contributed by atoms with Crippen LogP contribution in [0.2, 0.25) is 0 Å². The van der Waals surface area contributed by atoms with Crippen LogP contribution in [0.4, 0.5) is 0 Å². The van der Waals surface area contributed by atoms with Gasteiger partial charge in [0.1, 0.15) is 0 Å². The number of rotatable bonds is 0. The Kier molecular flexibility index (Phi) is 3.28. The number of hydrogen-bond acceptors (Lipinski definition) is 2. The highest BCUT2D eigenvalue weighted by Gasteiger charge is 2.44. The van der Waals surface area contributed by atoms with E-state index in [-0.39, 0.29) is 16.6 Å². The van der Waals surface area contributed by atoms with Crippen LogP contribution < -0.4 is 5.43 Å². The maximum Gasteiger partial charge on any atom is 0.181 e. The number of carbonyl (C=O) groups is 1. The van der Waals surface area contributed by atoms with E-state index in [9.17, 15) is 9.59 Å². The smallest absolute Gasteiger partial charge is 0.181 e. The van der Waals surface area contributed by atoms with Gasteiger partial charge in [0, 0.05) is 5.92 Å². The summed E-state index contributed by atoms with van der Waals surface area (Å²) in [6.07, 6.45) is 7.72. The van der Waals surface area contributed by atoms with E-state index in [1.165, 1.54) is 0 Å². The van der Waals surface area contributed by atoms with Crippen LogP contribution in [0.25, 0.3) is 0 Å². The molecule has 0 saturated heterocycles. The highest BCUT2D eigenvalue weighted by molar-refractivity contribution is 6.00. The van der Waals surface area contributed by atoms with Crippen molar-refractivity contribution in [1.29, 1.82) is 0 Å². The van der Waals surface area contributed by atoms with Gasteiger partial charge in [-0.2, -0.15) is 0 Å². The zero-order valence-corrected chi connectivity index (χ0v) is 10.6. The summed E-state index contributed by atoms with van der Waals surface area (Å²) >= 11 is 0. The van der Waals surface area contributed by atoms with Crippen LogP contribution in [0, 0.1) is 18.3 Å². The van der Waals surface area contributed by atoms with Crippen molar-refractivity contribution < 1.29 is 4.79 Å². The van der Waals surface area contributed by atoms with E-state index < -0.39 is 0 Å². The van der Waals surface area contributed by atoms with Gasteiger partial charge in [-0.3, -0.25) is 9.59 Å². The lowest BCUT2D eigenvalue weighted by atomic mass is 9.70. The van der Waals surface area contributed by atoms with Gasteiger partial charge in [-0.1, -0.05) is 42.5 Å². The Morgan fingerprint density at radius 1 is 1.06 bits per heavy atom. The van der Waals surface area contributed by atoms with E-state index in [1.54, 1.807) is 18.2 Å². The molecule has 2 aliphatic carbocycles.